The van der Waals surface area contributed by atoms with E-state index in [2.05, 4.69) is 16.2 Å². The highest BCUT2D eigenvalue weighted by atomic mass is 32.1. The Morgan fingerprint density at radius 2 is 2.28 bits per heavy atom. The first-order valence-corrected chi connectivity index (χ1v) is 6.03. The zero-order chi connectivity index (χ0) is 12.5. The molecule has 0 aliphatic heterocycles. The minimum Gasteiger partial charge on any atom is -0.461 e. The number of aromatic nitrogens is 2. The third-order valence-electron chi connectivity index (χ3n) is 2.47. The number of nitriles is 1. The van der Waals surface area contributed by atoms with Gasteiger partial charge >= 0.3 is 0 Å². The average molecular weight is 257 g/mol. The largest absolute Gasteiger partial charge is 0.461 e. The molecule has 3 heterocycles. The third-order valence-corrected chi connectivity index (χ3v) is 3.37. The maximum absolute atomic E-state index is 8.95. The van der Waals surface area contributed by atoms with Crippen molar-refractivity contribution in [3.05, 3.63) is 34.9 Å². The standard InChI is InChI=1S/C12H7N3O2S/c1-7-2-4-16-9(7)11-14-12(17-15-11)10-8(6-13)3-5-18-10/h2-5H,1H3. The van der Waals surface area contributed by atoms with Crippen molar-refractivity contribution in [1.29, 1.82) is 5.26 Å². The molecule has 0 amide bonds. The van der Waals surface area contributed by atoms with Gasteiger partial charge in [-0.2, -0.15) is 10.2 Å². The molecule has 3 aromatic rings. The fourth-order valence-corrected chi connectivity index (χ4v) is 2.34. The van der Waals surface area contributed by atoms with Crippen molar-refractivity contribution >= 4 is 11.3 Å². The monoisotopic (exact) mass is 257 g/mol. The van der Waals surface area contributed by atoms with Gasteiger partial charge in [0.2, 0.25) is 5.82 Å². The summed E-state index contributed by atoms with van der Waals surface area (Å²) in [5.74, 6) is 1.32. The van der Waals surface area contributed by atoms with Crippen LogP contribution in [0.3, 0.4) is 0 Å². The highest BCUT2D eigenvalue weighted by Gasteiger charge is 2.17. The Kier molecular flexibility index (Phi) is 2.46. The maximum atomic E-state index is 8.95. The average Bonchev–Trinajstić information content (AvgIpc) is 3.06. The molecular formula is C12H7N3O2S. The smallest absolute Gasteiger partial charge is 0.269 e. The van der Waals surface area contributed by atoms with Gasteiger partial charge in [0.05, 0.1) is 11.8 Å². The van der Waals surface area contributed by atoms with Gasteiger partial charge in [-0.1, -0.05) is 5.16 Å². The first-order valence-electron chi connectivity index (χ1n) is 5.15. The Hall–Kier alpha value is -2.39. The molecule has 0 saturated heterocycles. The molecule has 3 rings (SSSR count). The summed E-state index contributed by atoms with van der Waals surface area (Å²) in [7, 11) is 0. The van der Waals surface area contributed by atoms with Crippen molar-refractivity contribution in [1.82, 2.24) is 10.1 Å². The topological polar surface area (TPSA) is 75.8 Å². The predicted octanol–water partition coefficient (Wildman–Crippen LogP) is 3.24. The van der Waals surface area contributed by atoms with E-state index in [9.17, 15) is 0 Å². The molecule has 0 spiro atoms. The lowest BCUT2D eigenvalue weighted by Crippen LogP contribution is -1.80. The van der Waals surface area contributed by atoms with Crippen LogP contribution in [-0.4, -0.2) is 10.1 Å². The van der Waals surface area contributed by atoms with E-state index in [1.165, 1.54) is 11.3 Å². The van der Waals surface area contributed by atoms with Gasteiger partial charge in [0.1, 0.15) is 10.9 Å². The van der Waals surface area contributed by atoms with Gasteiger partial charge in [0.15, 0.2) is 5.76 Å². The van der Waals surface area contributed by atoms with Crippen LogP contribution in [0.2, 0.25) is 0 Å². The van der Waals surface area contributed by atoms with Gasteiger partial charge in [0.25, 0.3) is 5.89 Å². The number of rotatable bonds is 2. The highest BCUT2D eigenvalue weighted by molar-refractivity contribution is 7.13. The number of hydrogen-bond acceptors (Lipinski definition) is 6. The van der Waals surface area contributed by atoms with E-state index in [4.69, 9.17) is 14.2 Å². The van der Waals surface area contributed by atoms with Gasteiger partial charge in [-0.3, -0.25) is 0 Å². The Labute approximate surface area is 106 Å². The lowest BCUT2D eigenvalue weighted by atomic mass is 10.2. The lowest BCUT2D eigenvalue weighted by molar-refractivity contribution is 0.430. The van der Waals surface area contributed by atoms with Gasteiger partial charge in [-0.25, -0.2) is 0 Å². The lowest BCUT2D eigenvalue weighted by Gasteiger charge is -1.88. The van der Waals surface area contributed by atoms with Crippen LogP contribution in [-0.2, 0) is 0 Å². The Bertz CT molecular complexity index is 732. The second kappa shape index (κ2) is 4.13. The molecular weight excluding hydrogens is 250 g/mol. The number of thiophene rings is 1. The molecule has 0 fully saturated rings. The van der Waals surface area contributed by atoms with Crippen LogP contribution < -0.4 is 0 Å². The molecule has 6 heteroatoms. The van der Waals surface area contributed by atoms with E-state index in [1.54, 1.807) is 12.3 Å². The minimum absolute atomic E-state index is 0.340. The molecule has 0 N–H and O–H groups in total. The Morgan fingerprint density at radius 3 is 3.00 bits per heavy atom. The summed E-state index contributed by atoms with van der Waals surface area (Å²) in [5, 5.41) is 14.6. The van der Waals surface area contributed by atoms with E-state index in [0.717, 1.165) is 5.56 Å². The van der Waals surface area contributed by atoms with Crippen LogP contribution in [0.15, 0.2) is 32.7 Å². The number of aryl methyl sites for hydroxylation is 1. The molecule has 0 radical (unpaired) electrons. The maximum Gasteiger partial charge on any atom is 0.269 e. The van der Waals surface area contributed by atoms with Crippen LogP contribution in [0.5, 0.6) is 0 Å². The normalized spacial score (nSPS) is 10.4. The third kappa shape index (κ3) is 1.61. The molecule has 0 aliphatic rings. The van der Waals surface area contributed by atoms with Crippen LogP contribution in [0, 0.1) is 18.3 Å². The second-order valence-corrected chi connectivity index (χ2v) is 4.55. The number of nitrogens with zero attached hydrogens (tertiary/aromatic N) is 3. The molecule has 0 bridgehead atoms. The van der Waals surface area contributed by atoms with Crippen LogP contribution in [0.1, 0.15) is 11.1 Å². The van der Waals surface area contributed by atoms with Crippen LogP contribution in [0.4, 0.5) is 0 Å². The summed E-state index contributed by atoms with van der Waals surface area (Å²) in [6, 6.07) is 5.64. The molecule has 0 aromatic carbocycles. The van der Waals surface area contributed by atoms with Gasteiger partial charge < -0.3 is 8.94 Å². The van der Waals surface area contributed by atoms with Crippen molar-refractivity contribution in [2.45, 2.75) is 6.92 Å². The van der Waals surface area contributed by atoms with Crippen LogP contribution in [0.25, 0.3) is 22.4 Å². The van der Waals surface area contributed by atoms with E-state index in [-0.39, 0.29) is 0 Å². The Balaban J connectivity index is 2.06. The van der Waals surface area contributed by atoms with Crippen molar-refractivity contribution < 1.29 is 8.94 Å². The summed E-state index contributed by atoms with van der Waals surface area (Å²) >= 11 is 1.39. The van der Waals surface area contributed by atoms with Crippen LogP contribution >= 0.6 is 11.3 Å². The number of furan rings is 1. The molecule has 88 valence electrons. The summed E-state index contributed by atoms with van der Waals surface area (Å²) in [6.45, 7) is 1.90. The highest BCUT2D eigenvalue weighted by Crippen LogP contribution is 2.30. The summed E-state index contributed by atoms with van der Waals surface area (Å²) in [5.41, 5.74) is 1.47. The fraction of sp³-hybridized carbons (Fsp3) is 0.0833. The molecule has 0 atom stereocenters. The van der Waals surface area contributed by atoms with E-state index >= 15 is 0 Å². The molecule has 0 saturated carbocycles. The molecule has 0 unspecified atom stereocenters. The van der Waals surface area contributed by atoms with E-state index < -0.39 is 0 Å². The Morgan fingerprint density at radius 1 is 1.39 bits per heavy atom. The van der Waals surface area contributed by atoms with Gasteiger partial charge in [-0.15, -0.1) is 11.3 Å². The van der Waals surface area contributed by atoms with Gasteiger partial charge in [0, 0.05) is 0 Å². The minimum atomic E-state index is 0.340. The predicted molar refractivity (Wildman–Crippen MR) is 64.8 cm³/mol. The van der Waals surface area contributed by atoms with E-state index in [1.807, 2.05) is 18.4 Å². The second-order valence-electron chi connectivity index (χ2n) is 3.63. The first-order chi connectivity index (χ1) is 8.79. The van der Waals surface area contributed by atoms with Crippen molar-refractivity contribution in [2.75, 3.05) is 0 Å². The number of hydrogen-bond donors (Lipinski definition) is 0. The molecule has 3 aromatic heterocycles. The molecule has 0 aliphatic carbocycles. The molecule has 18 heavy (non-hydrogen) atoms. The first kappa shape index (κ1) is 10.7. The summed E-state index contributed by atoms with van der Waals surface area (Å²) < 4.78 is 10.5. The summed E-state index contributed by atoms with van der Waals surface area (Å²) in [4.78, 5) is 4.93. The molecule has 5 nitrogen and oxygen atoms in total. The van der Waals surface area contributed by atoms with Crippen molar-refractivity contribution in [3.63, 3.8) is 0 Å². The summed E-state index contributed by atoms with van der Waals surface area (Å²) in [6.07, 6.45) is 1.58. The SMILES string of the molecule is Cc1ccoc1-c1noc(-c2sccc2C#N)n1. The zero-order valence-corrected chi connectivity index (χ0v) is 10.2. The quantitative estimate of drug-likeness (QED) is 0.704. The van der Waals surface area contributed by atoms with Gasteiger partial charge in [-0.05, 0) is 30.0 Å². The van der Waals surface area contributed by atoms with Crippen molar-refractivity contribution in [2.24, 2.45) is 0 Å². The fourth-order valence-electron chi connectivity index (χ4n) is 1.57. The zero-order valence-electron chi connectivity index (χ0n) is 9.38. The van der Waals surface area contributed by atoms with Crippen molar-refractivity contribution in [3.8, 4) is 28.4 Å². The van der Waals surface area contributed by atoms with E-state index in [0.29, 0.717) is 27.9 Å².